The summed E-state index contributed by atoms with van der Waals surface area (Å²) in [4.78, 5) is 19.2. The smallest absolute Gasteiger partial charge is 0.646 e. The van der Waals surface area contributed by atoms with E-state index in [2.05, 4.69) is 5.32 Å². The molecule has 0 spiro atoms. The van der Waals surface area contributed by atoms with Crippen LogP contribution in [0.3, 0.4) is 0 Å². The Morgan fingerprint density at radius 3 is 1.88 bits per heavy atom. The molecule has 0 aliphatic rings. The van der Waals surface area contributed by atoms with E-state index < -0.39 is 11.9 Å². The van der Waals surface area contributed by atoms with Gasteiger partial charge in [0.1, 0.15) is 0 Å². The number of likely N-dealkylation sites (N-methyl/N-ethyl adjacent to an activating group) is 1. The van der Waals surface area contributed by atoms with E-state index in [4.69, 9.17) is 5.11 Å². The van der Waals surface area contributed by atoms with Gasteiger partial charge in [-0.3, -0.25) is 0 Å². The maximum Gasteiger partial charge on any atom is 1.00 e. The molecule has 0 aromatic heterocycles. The van der Waals surface area contributed by atoms with E-state index in [0.29, 0.717) is 0 Å². The van der Waals surface area contributed by atoms with Crippen molar-refractivity contribution < 1.29 is 72.9 Å². The average Bonchev–Trinajstić information content (AvgIpc) is 1.65. The Morgan fingerprint density at radius 1 is 1.50 bits per heavy atom. The van der Waals surface area contributed by atoms with Crippen LogP contribution in [0.15, 0.2) is 0 Å². The molecule has 0 heterocycles. The van der Waals surface area contributed by atoms with Crippen molar-refractivity contribution in [2.75, 3.05) is 7.05 Å². The van der Waals surface area contributed by atoms with E-state index >= 15 is 0 Å². The summed E-state index contributed by atoms with van der Waals surface area (Å²) < 4.78 is 0. The SMILES string of the molecule is C[N-]C(=O)C(=O)O.[Rb+]. The van der Waals surface area contributed by atoms with Crippen molar-refractivity contribution in [2.45, 2.75) is 0 Å². The predicted molar refractivity (Wildman–Crippen MR) is 21.9 cm³/mol. The summed E-state index contributed by atoms with van der Waals surface area (Å²) >= 11 is 0. The van der Waals surface area contributed by atoms with Gasteiger partial charge in [0.2, 0.25) is 0 Å². The van der Waals surface area contributed by atoms with Crippen LogP contribution in [-0.2, 0) is 9.59 Å². The van der Waals surface area contributed by atoms with Crippen molar-refractivity contribution >= 4 is 11.9 Å². The third-order valence-corrected chi connectivity index (χ3v) is 0.386. The van der Waals surface area contributed by atoms with E-state index in [1.165, 1.54) is 0 Å². The normalized spacial score (nSPS) is 6.62. The molecule has 5 heteroatoms. The second-order valence-corrected chi connectivity index (χ2v) is 0.834. The van der Waals surface area contributed by atoms with Crippen LogP contribution in [0.4, 0.5) is 0 Å². The topological polar surface area (TPSA) is 68.5 Å². The van der Waals surface area contributed by atoms with Crippen molar-refractivity contribution in [3.05, 3.63) is 5.32 Å². The number of carboxylic acids is 1. The first kappa shape index (κ1) is 11.5. The number of carbonyl (C=O) groups excluding carboxylic acids is 1. The quantitative estimate of drug-likeness (QED) is 0.402. The fourth-order valence-corrected chi connectivity index (χ4v) is 0.0956. The largest absolute Gasteiger partial charge is 1.00 e. The summed E-state index contributed by atoms with van der Waals surface area (Å²) in [6.07, 6.45) is 0. The number of carbonyl (C=O) groups is 2. The second kappa shape index (κ2) is 5.87. The fourth-order valence-electron chi connectivity index (χ4n) is 0.0956. The maximum atomic E-state index is 9.75. The molecule has 0 aromatic carbocycles. The third kappa shape index (κ3) is 4.89. The summed E-state index contributed by atoms with van der Waals surface area (Å²) in [5.41, 5.74) is 0. The Bertz CT molecular complexity index is 103. The molecule has 0 aliphatic heterocycles. The molecule has 0 bridgehead atoms. The van der Waals surface area contributed by atoms with E-state index in [1.54, 1.807) is 0 Å². The molecule has 0 saturated carbocycles. The van der Waals surface area contributed by atoms with Crippen LogP contribution in [-0.4, -0.2) is 24.0 Å². The van der Waals surface area contributed by atoms with Crippen molar-refractivity contribution in [1.29, 1.82) is 0 Å². The third-order valence-electron chi connectivity index (χ3n) is 0.386. The molecule has 0 rings (SSSR count). The summed E-state index contributed by atoms with van der Waals surface area (Å²) in [6, 6.07) is 0. The summed E-state index contributed by atoms with van der Waals surface area (Å²) in [7, 11) is 1.14. The van der Waals surface area contributed by atoms with Gasteiger partial charge < -0.3 is 15.2 Å². The molecule has 0 fully saturated rings. The molecule has 4 nitrogen and oxygen atoms in total. The molecular weight excluding hydrogens is 184 g/mol. The van der Waals surface area contributed by atoms with Crippen LogP contribution in [0.2, 0.25) is 0 Å². The van der Waals surface area contributed by atoms with Crippen molar-refractivity contribution in [1.82, 2.24) is 0 Å². The van der Waals surface area contributed by atoms with E-state index in [-0.39, 0.29) is 58.2 Å². The molecule has 0 unspecified atom stereocenters. The molecule has 0 saturated heterocycles. The Morgan fingerprint density at radius 2 is 1.88 bits per heavy atom. The van der Waals surface area contributed by atoms with E-state index in [0.717, 1.165) is 7.05 Å². The van der Waals surface area contributed by atoms with Crippen LogP contribution < -0.4 is 58.2 Å². The Balaban J connectivity index is 0. The standard InChI is InChI=1S/C3H5NO3.Rb/c1-4-2(5)3(6)7;/h1H3,(H2,4,5,6,7);/q;+1/p-1. The second-order valence-electron chi connectivity index (χ2n) is 0.834. The fraction of sp³-hybridized carbons (Fsp3) is 0.333. The number of carboxylic acid groups (broad SMARTS) is 1. The van der Waals surface area contributed by atoms with Crippen LogP contribution in [0.1, 0.15) is 0 Å². The molecule has 1 N–H and O–H groups in total. The van der Waals surface area contributed by atoms with Gasteiger partial charge in [0.15, 0.2) is 5.91 Å². The van der Waals surface area contributed by atoms with Crippen LogP contribution in [0.25, 0.3) is 5.32 Å². The van der Waals surface area contributed by atoms with Gasteiger partial charge in [0, 0.05) is 0 Å². The van der Waals surface area contributed by atoms with Gasteiger partial charge in [-0.2, -0.15) is 0 Å². The molecule has 8 heavy (non-hydrogen) atoms. The first-order chi connectivity index (χ1) is 3.18. The molecule has 0 atom stereocenters. The van der Waals surface area contributed by atoms with Crippen LogP contribution in [0, 0.1) is 0 Å². The first-order valence-corrected chi connectivity index (χ1v) is 1.55. The van der Waals surface area contributed by atoms with Crippen molar-refractivity contribution in [3.63, 3.8) is 0 Å². The monoisotopic (exact) mass is 187 g/mol. The van der Waals surface area contributed by atoms with E-state index in [9.17, 15) is 9.59 Å². The van der Waals surface area contributed by atoms with Gasteiger partial charge in [-0.15, -0.1) is 7.05 Å². The first-order valence-electron chi connectivity index (χ1n) is 1.55. The zero-order valence-electron chi connectivity index (χ0n) is 4.71. The summed E-state index contributed by atoms with van der Waals surface area (Å²) in [5, 5.41) is 10.6. The summed E-state index contributed by atoms with van der Waals surface area (Å²) in [6.45, 7) is 0. The van der Waals surface area contributed by atoms with Crippen molar-refractivity contribution in [3.8, 4) is 0 Å². The average molecular weight is 188 g/mol. The van der Waals surface area contributed by atoms with Gasteiger partial charge in [0.05, 0.1) is 0 Å². The van der Waals surface area contributed by atoms with Gasteiger partial charge in [0.25, 0.3) is 0 Å². The van der Waals surface area contributed by atoms with Gasteiger partial charge >= 0.3 is 64.2 Å². The van der Waals surface area contributed by atoms with Crippen LogP contribution >= 0.6 is 0 Å². The zero-order chi connectivity index (χ0) is 5.86. The van der Waals surface area contributed by atoms with Gasteiger partial charge in [-0.1, -0.05) is 0 Å². The Hall–Kier alpha value is 0.745. The van der Waals surface area contributed by atoms with Crippen LogP contribution in [0.5, 0.6) is 0 Å². The summed E-state index contributed by atoms with van der Waals surface area (Å²) in [5.74, 6) is -2.62. The zero-order valence-corrected chi connectivity index (χ0v) is 9.63. The van der Waals surface area contributed by atoms with E-state index in [1.807, 2.05) is 0 Å². The van der Waals surface area contributed by atoms with Gasteiger partial charge in [-0.05, 0) is 0 Å². The van der Waals surface area contributed by atoms with Crippen molar-refractivity contribution in [2.24, 2.45) is 0 Å². The molecule has 0 aromatic rings. The minimum atomic E-state index is -1.51. The number of nitrogens with zero attached hydrogens (tertiary/aromatic N) is 1. The molecular formula is C3H4NO3Rb. The molecule has 0 radical (unpaired) electrons. The van der Waals surface area contributed by atoms with Gasteiger partial charge in [-0.25, -0.2) is 4.79 Å². The number of aliphatic carboxylic acids is 1. The molecule has 40 valence electrons. The molecule has 1 amide bonds. The number of rotatable bonds is 0. The minimum absolute atomic E-state index is 0. The minimum Gasteiger partial charge on any atom is -0.646 e. The Kier molecular flexibility index (Phi) is 8.47. The maximum absolute atomic E-state index is 9.75. The number of hydrogen-bond donors (Lipinski definition) is 1. The Labute approximate surface area is 95.4 Å². The molecule has 0 aliphatic carbocycles. The number of hydrogen-bond acceptors (Lipinski definition) is 2. The predicted octanol–water partition coefficient (Wildman–Crippen LogP) is -3.39. The number of amides is 1.